The smallest absolute Gasteiger partial charge is 0.109 e. The normalized spacial score (nSPS) is 34.7. The van der Waals surface area contributed by atoms with Crippen LogP contribution in [0.2, 0.25) is 0 Å². The Balaban J connectivity index is 1.48. The lowest BCUT2D eigenvalue weighted by atomic mass is 9.82. The average molecular weight is 330 g/mol. The molecule has 0 spiro atoms. The molecule has 24 heavy (non-hydrogen) atoms. The number of ether oxygens (including phenoxy) is 1. The summed E-state index contributed by atoms with van der Waals surface area (Å²) in [6.45, 7) is 3.27. The van der Waals surface area contributed by atoms with Gasteiger partial charge in [0.15, 0.2) is 0 Å². The predicted molar refractivity (Wildman–Crippen MR) is 94.7 cm³/mol. The third-order valence-corrected chi connectivity index (χ3v) is 6.45. The molecule has 4 heteroatoms. The van der Waals surface area contributed by atoms with Gasteiger partial charge in [0, 0.05) is 12.1 Å². The van der Waals surface area contributed by atoms with Crippen LogP contribution in [0.5, 0.6) is 0 Å². The van der Waals surface area contributed by atoms with Crippen LogP contribution in [0.25, 0.3) is 0 Å². The molecule has 3 aliphatic rings. The van der Waals surface area contributed by atoms with E-state index >= 15 is 0 Å². The second kappa shape index (κ2) is 6.41. The Kier molecular flexibility index (Phi) is 4.42. The Labute approximate surface area is 145 Å². The van der Waals surface area contributed by atoms with E-state index in [2.05, 4.69) is 47.9 Å². The van der Waals surface area contributed by atoms with Crippen molar-refractivity contribution >= 4 is 0 Å². The molecular formula is C20H30N2O2. The predicted octanol–water partition coefficient (Wildman–Crippen LogP) is 2.66. The van der Waals surface area contributed by atoms with Crippen molar-refractivity contribution < 1.29 is 9.84 Å². The van der Waals surface area contributed by atoms with E-state index in [0.717, 1.165) is 51.5 Å². The fourth-order valence-corrected chi connectivity index (χ4v) is 4.74. The Morgan fingerprint density at radius 3 is 2.46 bits per heavy atom. The molecule has 4 nitrogen and oxygen atoms in total. The zero-order chi connectivity index (χ0) is 16.6. The molecule has 132 valence electrons. The van der Waals surface area contributed by atoms with Crippen LogP contribution in [-0.4, -0.2) is 35.6 Å². The Hall–Kier alpha value is -0.940. The number of benzene rings is 1. The maximum Gasteiger partial charge on any atom is 0.109 e. The summed E-state index contributed by atoms with van der Waals surface area (Å²) in [7, 11) is 0. The number of hydrogen-bond donors (Lipinski definition) is 3. The molecule has 0 amide bonds. The van der Waals surface area contributed by atoms with Crippen molar-refractivity contribution in [3.05, 3.63) is 35.9 Å². The van der Waals surface area contributed by atoms with Crippen LogP contribution in [0, 0.1) is 0 Å². The van der Waals surface area contributed by atoms with Gasteiger partial charge in [-0.25, -0.2) is 0 Å². The molecule has 3 fully saturated rings. The van der Waals surface area contributed by atoms with Gasteiger partial charge < -0.3 is 15.2 Å². The molecule has 1 aromatic carbocycles. The molecule has 1 unspecified atom stereocenters. The van der Waals surface area contributed by atoms with E-state index < -0.39 is 5.60 Å². The molecule has 3 N–H and O–H groups in total. The maximum absolute atomic E-state index is 10.9. The van der Waals surface area contributed by atoms with Crippen molar-refractivity contribution in [2.45, 2.75) is 81.4 Å². The van der Waals surface area contributed by atoms with Crippen LogP contribution in [-0.2, 0) is 10.3 Å². The van der Waals surface area contributed by atoms with Crippen LogP contribution < -0.4 is 10.6 Å². The number of rotatable bonds is 5. The number of nitrogens with one attached hydrogen (secondary N) is 2. The van der Waals surface area contributed by atoms with Crippen molar-refractivity contribution in [3.8, 4) is 0 Å². The molecule has 2 heterocycles. The van der Waals surface area contributed by atoms with E-state index in [4.69, 9.17) is 4.74 Å². The van der Waals surface area contributed by atoms with E-state index in [1.54, 1.807) is 0 Å². The zero-order valence-corrected chi connectivity index (χ0v) is 14.6. The van der Waals surface area contributed by atoms with Gasteiger partial charge in [0.05, 0.1) is 5.60 Å². The quantitative estimate of drug-likeness (QED) is 0.777. The highest BCUT2D eigenvalue weighted by Crippen LogP contribution is 2.40. The third kappa shape index (κ3) is 2.90. The molecule has 0 radical (unpaired) electrons. The van der Waals surface area contributed by atoms with Gasteiger partial charge in [0.2, 0.25) is 0 Å². The van der Waals surface area contributed by atoms with Crippen LogP contribution in [0.3, 0.4) is 0 Å². The minimum absolute atomic E-state index is 0.0206. The molecular weight excluding hydrogens is 300 g/mol. The SMILES string of the molecule is C[C@@](OC1CC[C@@H](C2(O)CCCC2)N1)(c1ccccc1)[C@@H]1CCN1. The van der Waals surface area contributed by atoms with Gasteiger partial charge in [-0.1, -0.05) is 43.2 Å². The standard InChI is InChI=1S/C20H30N2O2/c1-19(16-11-14-21-16,15-7-3-2-4-8-15)24-18-10-9-17(22-18)20(23)12-5-6-13-20/h2-4,7-8,16-18,21-23H,5-6,9-14H2,1H3/t16-,17-,18?,19+/m0/s1. The first-order valence-corrected chi connectivity index (χ1v) is 9.55. The molecule has 0 aromatic heterocycles. The Bertz CT molecular complexity index is 554. The van der Waals surface area contributed by atoms with Crippen LogP contribution in [0.1, 0.15) is 57.4 Å². The highest BCUT2D eigenvalue weighted by Gasteiger charge is 2.47. The maximum atomic E-state index is 10.9. The summed E-state index contributed by atoms with van der Waals surface area (Å²) in [6, 6.07) is 11.1. The van der Waals surface area contributed by atoms with E-state index in [0.29, 0.717) is 6.04 Å². The summed E-state index contributed by atoms with van der Waals surface area (Å²) in [5.74, 6) is 0. The summed E-state index contributed by atoms with van der Waals surface area (Å²) in [5.41, 5.74) is 0.382. The molecule has 1 saturated carbocycles. The first kappa shape index (κ1) is 16.5. The van der Waals surface area contributed by atoms with Crippen molar-refractivity contribution in [2.75, 3.05) is 6.54 Å². The van der Waals surface area contributed by atoms with Gasteiger partial charge >= 0.3 is 0 Å². The van der Waals surface area contributed by atoms with Crippen molar-refractivity contribution in [1.29, 1.82) is 0 Å². The van der Waals surface area contributed by atoms with E-state index in [-0.39, 0.29) is 17.9 Å². The zero-order valence-electron chi connectivity index (χ0n) is 14.6. The monoisotopic (exact) mass is 330 g/mol. The molecule has 2 aliphatic heterocycles. The lowest BCUT2D eigenvalue weighted by Crippen LogP contribution is -2.59. The number of hydrogen-bond acceptors (Lipinski definition) is 4. The van der Waals surface area contributed by atoms with Gasteiger partial charge in [0.25, 0.3) is 0 Å². The summed E-state index contributed by atoms with van der Waals surface area (Å²) in [5, 5.41) is 18.0. The summed E-state index contributed by atoms with van der Waals surface area (Å²) in [4.78, 5) is 0. The first-order chi connectivity index (χ1) is 11.6. The highest BCUT2D eigenvalue weighted by molar-refractivity contribution is 5.25. The minimum atomic E-state index is -0.518. The van der Waals surface area contributed by atoms with E-state index in [1.807, 2.05) is 0 Å². The Morgan fingerprint density at radius 1 is 1.12 bits per heavy atom. The number of aliphatic hydroxyl groups is 1. The molecule has 1 aromatic rings. The van der Waals surface area contributed by atoms with E-state index in [1.165, 1.54) is 5.56 Å². The second-order valence-electron chi connectivity index (χ2n) is 7.98. The Morgan fingerprint density at radius 2 is 1.83 bits per heavy atom. The van der Waals surface area contributed by atoms with E-state index in [9.17, 15) is 5.11 Å². The first-order valence-electron chi connectivity index (χ1n) is 9.55. The molecule has 4 atom stereocenters. The van der Waals surface area contributed by atoms with Crippen LogP contribution in [0.4, 0.5) is 0 Å². The highest BCUT2D eigenvalue weighted by atomic mass is 16.5. The van der Waals surface area contributed by atoms with Gasteiger partial charge in [0.1, 0.15) is 11.8 Å². The second-order valence-corrected chi connectivity index (χ2v) is 7.98. The van der Waals surface area contributed by atoms with Crippen molar-refractivity contribution in [2.24, 2.45) is 0 Å². The van der Waals surface area contributed by atoms with Crippen LogP contribution in [0.15, 0.2) is 30.3 Å². The summed E-state index contributed by atoms with van der Waals surface area (Å²) in [6.07, 6.45) is 7.29. The van der Waals surface area contributed by atoms with Gasteiger partial charge in [-0.15, -0.1) is 0 Å². The molecule has 1 aliphatic carbocycles. The lowest BCUT2D eigenvalue weighted by Gasteiger charge is -2.45. The average Bonchev–Trinajstić information content (AvgIpc) is 3.16. The molecule has 4 rings (SSSR count). The van der Waals surface area contributed by atoms with Gasteiger partial charge in [-0.2, -0.15) is 0 Å². The summed E-state index contributed by atoms with van der Waals surface area (Å²) < 4.78 is 6.64. The van der Waals surface area contributed by atoms with Crippen LogP contribution >= 0.6 is 0 Å². The van der Waals surface area contributed by atoms with Gasteiger partial charge in [-0.3, -0.25) is 5.32 Å². The van der Waals surface area contributed by atoms with Crippen molar-refractivity contribution in [3.63, 3.8) is 0 Å². The fraction of sp³-hybridized carbons (Fsp3) is 0.700. The summed E-state index contributed by atoms with van der Waals surface area (Å²) >= 11 is 0. The minimum Gasteiger partial charge on any atom is -0.388 e. The topological polar surface area (TPSA) is 53.5 Å². The lowest BCUT2D eigenvalue weighted by molar-refractivity contribution is -0.131. The van der Waals surface area contributed by atoms with Crippen molar-refractivity contribution in [1.82, 2.24) is 10.6 Å². The van der Waals surface area contributed by atoms with Gasteiger partial charge in [-0.05, 0) is 51.1 Å². The largest absolute Gasteiger partial charge is 0.388 e. The molecule has 2 saturated heterocycles. The fourth-order valence-electron chi connectivity index (χ4n) is 4.74. The molecule has 0 bridgehead atoms. The third-order valence-electron chi connectivity index (χ3n) is 6.45.